The molecule has 0 bridgehead atoms. The first-order valence-electron chi connectivity index (χ1n) is 11.5. The molecule has 0 aliphatic carbocycles. The number of halogens is 6. The summed E-state index contributed by atoms with van der Waals surface area (Å²) in [5.74, 6) is -0.777. The van der Waals surface area contributed by atoms with Crippen LogP contribution in [0.4, 0.5) is 17.6 Å². The molecule has 0 saturated carbocycles. The number of fused-ring (bicyclic) bond motifs is 1. The Balaban J connectivity index is 0.00000253. The van der Waals surface area contributed by atoms with Gasteiger partial charge in [-0.3, -0.25) is 4.79 Å². The Kier molecular flexibility index (Phi) is 10.7. The average molecular weight is 571 g/mol. The zero-order chi connectivity index (χ0) is 25.9. The number of H-pyrrole nitrogens is 1. The lowest BCUT2D eigenvalue weighted by Crippen LogP contribution is -2.37. The molecule has 1 amide bonds. The number of nitrogens with one attached hydrogen (secondary N) is 2. The Morgan fingerprint density at radius 1 is 0.921 bits per heavy atom. The summed E-state index contributed by atoms with van der Waals surface area (Å²) in [5, 5.41) is 3.47. The van der Waals surface area contributed by atoms with Crippen LogP contribution in [0.25, 0.3) is 33.2 Å². The number of aromatic amines is 1. The third-order valence-corrected chi connectivity index (χ3v) is 6.01. The van der Waals surface area contributed by atoms with Crippen LogP contribution in [0.5, 0.6) is 0 Å². The number of benzene rings is 3. The fourth-order valence-electron chi connectivity index (χ4n) is 4.11. The van der Waals surface area contributed by atoms with Gasteiger partial charge in [-0.1, -0.05) is 36.4 Å². The number of aromatic nitrogens is 1. The number of rotatable bonds is 8. The average Bonchev–Trinajstić information content (AvgIpc) is 3.25. The molecule has 6 N–H and O–H groups in total. The predicted molar refractivity (Wildman–Crippen MR) is 147 cm³/mol. The van der Waals surface area contributed by atoms with E-state index in [2.05, 4.69) is 10.3 Å². The summed E-state index contributed by atoms with van der Waals surface area (Å²) >= 11 is 0. The maximum absolute atomic E-state index is 13.4. The Hall–Kier alpha value is -3.11. The molecule has 0 aliphatic heterocycles. The molecule has 0 fully saturated rings. The number of alkyl halides is 3. The van der Waals surface area contributed by atoms with Crippen LogP contribution in [-0.2, 0) is 6.18 Å². The van der Waals surface area contributed by atoms with Crippen LogP contribution in [0.15, 0.2) is 66.7 Å². The minimum absolute atomic E-state index is 0. The van der Waals surface area contributed by atoms with Crippen molar-refractivity contribution in [2.24, 2.45) is 11.5 Å². The second kappa shape index (κ2) is 13.1. The third kappa shape index (κ3) is 7.05. The number of carbonyl (C=O) groups excluding carboxylic acids is 1. The monoisotopic (exact) mass is 570 g/mol. The fraction of sp³-hybridized carbons (Fsp3) is 0.222. The molecule has 11 heteroatoms. The molecule has 5 nitrogen and oxygen atoms in total. The lowest BCUT2D eigenvalue weighted by Gasteiger charge is -2.13. The normalized spacial score (nSPS) is 11.9. The lowest BCUT2D eigenvalue weighted by molar-refractivity contribution is -0.137. The van der Waals surface area contributed by atoms with E-state index in [1.807, 2.05) is 12.1 Å². The number of amides is 1. The molecule has 3 aromatic carbocycles. The first-order valence-corrected chi connectivity index (χ1v) is 11.5. The highest BCUT2D eigenvalue weighted by Crippen LogP contribution is 2.37. The zero-order valence-corrected chi connectivity index (χ0v) is 21.8. The van der Waals surface area contributed by atoms with Crippen molar-refractivity contribution < 1.29 is 22.4 Å². The number of nitrogens with two attached hydrogens (primary N) is 2. The number of hydrogen-bond donors (Lipinski definition) is 4. The second-order valence-corrected chi connectivity index (χ2v) is 8.62. The van der Waals surface area contributed by atoms with E-state index in [1.165, 1.54) is 24.3 Å². The van der Waals surface area contributed by atoms with Gasteiger partial charge in [-0.05, 0) is 66.4 Å². The van der Waals surface area contributed by atoms with Gasteiger partial charge in [0.05, 0.1) is 5.56 Å². The standard InChI is InChI=1S/C27H26F4N4O.2ClH/c28-20-10-5-16(6-11-20)18-7-12-22-23(14-18)35-25(26(36)34-15-21(33)2-1-13-32)24(22)17-3-8-19(9-4-17)27(29,30)31;;/h3-12,14,21,35H,1-2,13,15,32-33H2,(H,34,36);2*1H/t21-;;/m0../s1. The molecular weight excluding hydrogens is 543 g/mol. The van der Waals surface area contributed by atoms with Gasteiger partial charge in [-0.25, -0.2) is 4.39 Å². The molecule has 38 heavy (non-hydrogen) atoms. The molecule has 1 atom stereocenters. The van der Waals surface area contributed by atoms with Gasteiger partial charge in [0.2, 0.25) is 0 Å². The summed E-state index contributed by atoms with van der Waals surface area (Å²) in [5.41, 5.74) is 14.1. The van der Waals surface area contributed by atoms with Crippen molar-refractivity contribution in [3.63, 3.8) is 0 Å². The zero-order valence-electron chi connectivity index (χ0n) is 20.1. The fourth-order valence-corrected chi connectivity index (χ4v) is 4.11. The van der Waals surface area contributed by atoms with E-state index in [9.17, 15) is 22.4 Å². The van der Waals surface area contributed by atoms with Crippen LogP contribution in [0.1, 0.15) is 28.9 Å². The van der Waals surface area contributed by atoms with Gasteiger partial charge < -0.3 is 21.8 Å². The molecule has 0 aliphatic rings. The SMILES string of the molecule is Cl.Cl.NCCC[C@H](N)CNC(=O)c1[nH]c2cc(-c3ccc(F)cc3)ccc2c1-c1ccc(C(F)(F)F)cc1. The molecule has 1 aromatic heterocycles. The Morgan fingerprint density at radius 2 is 1.53 bits per heavy atom. The molecule has 0 radical (unpaired) electrons. The van der Waals surface area contributed by atoms with Gasteiger partial charge in [0.15, 0.2) is 0 Å². The Bertz CT molecular complexity index is 1360. The first kappa shape index (κ1) is 31.1. The van der Waals surface area contributed by atoms with Crippen LogP contribution in [-0.4, -0.2) is 30.0 Å². The molecular formula is C27H28Cl2F4N4O. The van der Waals surface area contributed by atoms with Gasteiger partial charge >= 0.3 is 6.18 Å². The van der Waals surface area contributed by atoms with Gasteiger partial charge in [-0.2, -0.15) is 13.2 Å². The first-order chi connectivity index (χ1) is 17.2. The van der Waals surface area contributed by atoms with Gasteiger partial charge in [0, 0.05) is 29.1 Å². The van der Waals surface area contributed by atoms with E-state index >= 15 is 0 Å². The molecule has 0 spiro atoms. The largest absolute Gasteiger partial charge is 0.416 e. The van der Waals surface area contributed by atoms with E-state index in [4.69, 9.17) is 11.5 Å². The van der Waals surface area contributed by atoms with Crippen molar-refractivity contribution in [1.82, 2.24) is 10.3 Å². The smallest absolute Gasteiger partial charge is 0.350 e. The number of hydrogen-bond acceptors (Lipinski definition) is 3. The van der Waals surface area contributed by atoms with E-state index in [-0.39, 0.29) is 48.9 Å². The Labute approximate surface area is 229 Å². The summed E-state index contributed by atoms with van der Waals surface area (Å²) in [6.07, 6.45) is -3.09. The summed E-state index contributed by atoms with van der Waals surface area (Å²) in [7, 11) is 0. The van der Waals surface area contributed by atoms with Crippen LogP contribution in [0, 0.1) is 5.82 Å². The minimum Gasteiger partial charge on any atom is -0.350 e. The van der Waals surface area contributed by atoms with E-state index in [0.29, 0.717) is 35.0 Å². The van der Waals surface area contributed by atoms with Crippen molar-refractivity contribution in [2.75, 3.05) is 13.1 Å². The predicted octanol–water partition coefficient (Wildman–Crippen LogP) is 6.30. The molecule has 204 valence electrons. The van der Waals surface area contributed by atoms with Gasteiger partial charge in [-0.15, -0.1) is 24.8 Å². The number of carbonyl (C=O) groups is 1. The summed E-state index contributed by atoms with van der Waals surface area (Å²) in [4.78, 5) is 16.3. The van der Waals surface area contributed by atoms with Crippen molar-refractivity contribution >= 4 is 41.6 Å². The molecule has 4 aromatic rings. The van der Waals surface area contributed by atoms with Crippen LogP contribution < -0.4 is 16.8 Å². The topological polar surface area (TPSA) is 96.9 Å². The molecule has 0 saturated heterocycles. The van der Waals surface area contributed by atoms with E-state index in [1.54, 1.807) is 18.2 Å². The maximum atomic E-state index is 13.4. The highest BCUT2D eigenvalue weighted by atomic mass is 35.5. The third-order valence-electron chi connectivity index (χ3n) is 6.01. The summed E-state index contributed by atoms with van der Waals surface area (Å²) < 4.78 is 52.7. The van der Waals surface area contributed by atoms with Crippen molar-refractivity contribution in [3.8, 4) is 22.3 Å². The summed E-state index contributed by atoms with van der Waals surface area (Å²) in [6.45, 7) is 0.722. The molecule has 4 rings (SSSR count). The maximum Gasteiger partial charge on any atom is 0.416 e. The van der Waals surface area contributed by atoms with Crippen LogP contribution in [0.2, 0.25) is 0 Å². The quantitative estimate of drug-likeness (QED) is 0.187. The van der Waals surface area contributed by atoms with Gasteiger partial charge in [0.25, 0.3) is 5.91 Å². The van der Waals surface area contributed by atoms with Crippen molar-refractivity contribution in [1.29, 1.82) is 0 Å². The summed E-state index contributed by atoms with van der Waals surface area (Å²) in [6, 6.07) is 15.8. The van der Waals surface area contributed by atoms with E-state index in [0.717, 1.165) is 29.7 Å². The highest BCUT2D eigenvalue weighted by molar-refractivity contribution is 6.10. The van der Waals surface area contributed by atoms with Crippen LogP contribution >= 0.6 is 24.8 Å². The van der Waals surface area contributed by atoms with Crippen molar-refractivity contribution in [3.05, 3.63) is 83.8 Å². The molecule has 0 unspecified atom stereocenters. The second-order valence-electron chi connectivity index (χ2n) is 8.62. The molecule has 1 heterocycles. The Morgan fingerprint density at radius 3 is 2.13 bits per heavy atom. The van der Waals surface area contributed by atoms with Gasteiger partial charge in [0.1, 0.15) is 11.5 Å². The van der Waals surface area contributed by atoms with E-state index < -0.39 is 17.6 Å². The highest BCUT2D eigenvalue weighted by Gasteiger charge is 2.30. The lowest BCUT2D eigenvalue weighted by atomic mass is 9.98. The van der Waals surface area contributed by atoms with Crippen LogP contribution in [0.3, 0.4) is 0 Å². The van der Waals surface area contributed by atoms with Crippen molar-refractivity contribution in [2.45, 2.75) is 25.1 Å². The minimum atomic E-state index is -4.47.